The highest BCUT2D eigenvalue weighted by molar-refractivity contribution is 7.09. The van der Waals surface area contributed by atoms with Gasteiger partial charge >= 0.3 is 0 Å². The Morgan fingerprint density at radius 2 is 2.15 bits per heavy atom. The molecule has 2 aromatic rings. The minimum atomic E-state index is 0.666. The first-order chi connectivity index (χ1) is 9.66. The fraction of sp³-hybridized carbons (Fsp3) is 0.438. The van der Waals surface area contributed by atoms with E-state index < -0.39 is 0 Å². The van der Waals surface area contributed by atoms with Gasteiger partial charge in [-0.3, -0.25) is 0 Å². The summed E-state index contributed by atoms with van der Waals surface area (Å²) in [7, 11) is 2.11. The van der Waals surface area contributed by atoms with Crippen molar-refractivity contribution in [2.75, 3.05) is 18.5 Å². The Morgan fingerprint density at radius 1 is 1.30 bits per heavy atom. The molecular formula is C16H23N3S. The van der Waals surface area contributed by atoms with Crippen LogP contribution in [0, 0.1) is 5.92 Å². The third-order valence-electron chi connectivity index (χ3n) is 3.07. The zero-order valence-electron chi connectivity index (χ0n) is 12.5. The van der Waals surface area contributed by atoms with Crippen LogP contribution in [0.25, 0.3) is 0 Å². The molecule has 0 atom stereocenters. The van der Waals surface area contributed by atoms with Gasteiger partial charge in [-0.1, -0.05) is 26.0 Å². The number of anilines is 1. The lowest BCUT2D eigenvalue weighted by molar-refractivity contribution is 0.551. The Morgan fingerprint density at radius 3 is 2.85 bits per heavy atom. The van der Waals surface area contributed by atoms with Crippen LogP contribution in [0.5, 0.6) is 0 Å². The van der Waals surface area contributed by atoms with E-state index in [1.807, 2.05) is 12.3 Å². The van der Waals surface area contributed by atoms with Crippen molar-refractivity contribution in [2.45, 2.75) is 26.9 Å². The van der Waals surface area contributed by atoms with Gasteiger partial charge in [0.1, 0.15) is 5.82 Å². The Kier molecular flexibility index (Phi) is 5.56. The van der Waals surface area contributed by atoms with E-state index in [-0.39, 0.29) is 0 Å². The summed E-state index contributed by atoms with van der Waals surface area (Å²) in [5, 5.41) is 5.61. The SMILES string of the molecule is CC(C)CNCc1cccnc1N(C)Cc1cccs1. The van der Waals surface area contributed by atoms with Gasteiger partial charge in [0.2, 0.25) is 0 Å². The molecular weight excluding hydrogens is 266 g/mol. The molecule has 0 unspecified atom stereocenters. The third-order valence-corrected chi connectivity index (χ3v) is 3.93. The topological polar surface area (TPSA) is 28.2 Å². The monoisotopic (exact) mass is 289 g/mol. The van der Waals surface area contributed by atoms with Crippen LogP contribution >= 0.6 is 11.3 Å². The zero-order chi connectivity index (χ0) is 14.4. The van der Waals surface area contributed by atoms with Crippen LogP contribution in [-0.2, 0) is 13.1 Å². The predicted octanol–water partition coefficient (Wildman–Crippen LogP) is 3.53. The molecule has 0 aromatic carbocycles. The van der Waals surface area contributed by atoms with Gasteiger partial charge in [0.15, 0.2) is 0 Å². The summed E-state index contributed by atoms with van der Waals surface area (Å²) in [5.41, 5.74) is 1.26. The second-order valence-corrected chi connectivity index (χ2v) is 6.48. The summed E-state index contributed by atoms with van der Waals surface area (Å²) in [6.45, 7) is 7.26. The fourth-order valence-electron chi connectivity index (χ4n) is 2.12. The van der Waals surface area contributed by atoms with E-state index in [9.17, 15) is 0 Å². The highest BCUT2D eigenvalue weighted by Gasteiger charge is 2.09. The lowest BCUT2D eigenvalue weighted by Gasteiger charge is -2.21. The molecule has 2 heterocycles. The van der Waals surface area contributed by atoms with Crippen LogP contribution in [0.15, 0.2) is 35.8 Å². The van der Waals surface area contributed by atoms with Crippen molar-refractivity contribution in [3.63, 3.8) is 0 Å². The maximum absolute atomic E-state index is 4.55. The number of aromatic nitrogens is 1. The zero-order valence-corrected chi connectivity index (χ0v) is 13.3. The lowest BCUT2D eigenvalue weighted by atomic mass is 10.2. The molecule has 0 aliphatic heterocycles. The second-order valence-electron chi connectivity index (χ2n) is 5.45. The van der Waals surface area contributed by atoms with Gasteiger partial charge < -0.3 is 10.2 Å². The van der Waals surface area contributed by atoms with E-state index in [2.05, 4.69) is 59.7 Å². The third kappa shape index (κ3) is 4.32. The lowest BCUT2D eigenvalue weighted by Crippen LogP contribution is -2.23. The summed E-state index contributed by atoms with van der Waals surface area (Å²) < 4.78 is 0. The molecule has 0 bridgehead atoms. The standard InChI is InChI=1S/C16H23N3S/c1-13(2)10-17-11-14-6-4-8-18-16(14)19(3)12-15-7-5-9-20-15/h4-9,13,17H,10-12H2,1-3H3. The van der Waals surface area contributed by atoms with Gasteiger partial charge in [0.05, 0.1) is 6.54 Å². The van der Waals surface area contributed by atoms with Crippen molar-refractivity contribution >= 4 is 17.2 Å². The maximum Gasteiger partial charge on any atom is 0.133 e. The molecule has 0 fully saturated rings. The van der Waals surface area contributed by atoms with E-state index in [1.54, 1.807) is 11.3 Å². The van der Waals surface area contributed by atoms with Crippen LogP contribution in [0.1, 0.15) is 24.3 Å². The van der Waals surface area contributed by atoms with Crippen molar-refractivity contribution in [3.8, 4) is 0 Å². The maximum atomic E-state index is 4.55. The quantitative estimate of drug-likeness (QED) is 0.845. The van der Waals surface area contributed by atoms with Crippen LogP contribution in [-0.4, -0.2) is 18.6 Å². The molecule has 0 saturated carbocycles. The molecule has 4 heteroatoms. The van der Waals surface area contributed by atoms with E-state index in [4.69, 9.17) is 0 Å². The van der Waals surface area contributed by atoms with Gasteiger partial charge in [-0.05, 0) is 30.0 Å². The Labute approximate surface area is 125 Å². The first-order valence-electron chi connectivity index (χ1n) is 7.05. The highest BCUT2D eigenvalue weighted by Crippen LogP contribution is 2.19. The Balaban J connectivity index is 2.02. The van der Waals surface area contributed by atoms with Gasteiger partial charge in [0, 0.05) is 30.2 Å². The molecule has 0 radical (unpaired) electrons. The summed E-state index contributed by atoms with van der Waals surface area (Å²) in [4.78, 5) is 8.13. The van der Waals surface area contributed by atoms with Gasteiger partial charge in [-0.2, -0.15) is 0 Å². The first-order valence-corrected chi connectivity index (χ1v) is 7.93. The van der Waals surface area contributed by atoms with Crippen molar-refractivity contribution in [1.29, 1.82) is 0 Å². The summed E-state index contributed by atoms with van der Waals surface area (Å²) in [6, 6.07) is 8.42. The van der Waals surface area contributed by atoms with E-state index in [0.29, 0.717) is 5.92 Å². The highest BCUT2D eigenvalue weighted by atomic mass is 32.1. The van der Waals surface area contributed by atoms with Crippen LogP contribution in [0.3, 0.4) is 0 Å². The first kappa shape index (κ1) is 15.0. The molecule has 1 N–H and O–H groups in total. The number of thiophene rings is 1. The molecule has 0 aliphatic rings. The molecule has 20 heavy (non-hydrogen) atoms. The van der Waals surface area contributed by atoms with Crippen LogP contribution in [0.2, 0.25) is 0 Å². The Bertz CT molecular complexity index is 508. The molecule has 2 rings (SSSR count). The summed E-state index contributed by atoms with van der Waals surface area (Å²) >= 11 is 1.79. The van der Waals surface area contributed by atoms with Gasteiger partial charge in [-0.25, -0.2) is 4.98 Å². The van der Waals surface area contributed by atoms with Crippen LogP contribution < -0.4 is 10.2 Å². The second kappa shape index (κ2) is 7.41. The minimum Gasteiger partial charge on any atom is -0.354 e. The van der Waals surface area contributed by atoms with E-state index in [0.717, 1.165) is 25.5 Å². The number of nitrogens with one attached hydrogen (secondary N) is 1. The minimum absolute atomic E-state index is 0.666. The molecule has 3 nitrogen and oxygen atoms in total. The summed E-state index contributed by atoms with van der Waals surface area (Å²) in [6.07, 6.45) is 1.87. The smallest absolute Gasteiger partial charge is 0.133 e. The molecule has 0 spiro atoms. The largest absolute Gasteiger partial charge is 0.354 e. The number of hydrogen-bond acceptors (Lipinski definition) is 4. The predicted molar refractivity (Wildman–Crippen MR) is 87.2 cm³/mol. The number of nitrogens with zero attached hydrogens (tertiary/aromatic N) is 2. The molecule has 0 amide bonds. The molecule has 0 saturated heterocycles. The van der Waals surface area contributed by atoms with Crippen LogP contribution in [0.4, 0.5) is 5.82 Å². The number of hydrogen-bond donors (Lipinski definition) is 1. The van der Waals surface area contributed by atoms with Gasteiger partial charge in [0.25, 0.3) is 0 Å². The fourth-order valence-corrected chi connectivity index (χ4v) is 2.88. The van der Waals surface area contributed by atoms with Gasteiger partial charge in [-0.15, -0.1) is 11.3 Å². The molecule has 108 valence electrons. The van der Waals surface area contributed by atoms with Crippen molar-refractivity contribution in [2.24, 2.45) is 5.92 Å². The van der Waals surface area contributed by atoms with Crippen molar-refractivity contribution < 1.29 is 0 Å². The number of rotatable bonds is 7. The summed E-state index contributed by atoms with van der Waals surface area (Å²) in [5.74, 6) is 1.73. The van der Waals surface area contributed by atoms with E-state index in [1.165, 1.54) is 10.4 Å². The number of pyridine rings is 1. The average Bonchev–Trinajstić information content (AvgIpc) is 2.91. The Hall–Kier alpha value is -1.39. The molecule has 2 aromatic heterocycles. The van der Waals surface area contributed by atoms with E-state index >= 15 is 0 Å². The van der Waals surface area contributed by atoms with Crippen molar-refractivity contribution in [3.05, 3.63) is 46.3 Å². The molecule has 0 aliphatic carbocycles. The average molecular weight is 289 g/mol. The van der Waals surface area contributed by atoms with Crippen molar-refractivity contribution in [1.82, 2.24) is 10.3 Å². The normalized spacial score (nSPS) is 11.0.